The molecule has 12 rings (SSSR count). The van der Waals surface area contributed by atoms with Crippen molar-refractivity contribution in [3.63, 3.8) is 0 Å². The van der Waals surface area contributed by atoms with E-state index in [1.165, 1.54) is 76.1 Å². The average Bonchev–Trinajstić information content (AvgIpc) is 3.34. The van der Waals surface area contributed by atoms with Crippen LogP contribution in [-0.2, 0) is 6.42 Å². The highest BCUT2D eigenvalue weighted by molar-refractivity contribution is 6.24. The Morgan fingerprint density at radius 2 is 0.758 bits per heavy atom. The number of allylic oxidation sites excluding steroid dienone is 1. The van der Waals surface area contributed by atoms with Gasteiger partial charge in [-0.25, -0.2) is 0 Å². The third kappa shape index (κ3) is 6.19. The average molecular weight is 791 g/mol. The summed E-state index contributed by atoms with van der Waals surface area (Å²) in [6.07, 6.45) is 6.75. The second-order valence-corrected chi connectivity index (χ2v) is 16.5. The van der Waals surface area contributed by atoms with E-state index in [1.54, 1.807) is 0 Å². The van der Waals surface area contributed by atoms with E-state index in [9.17, 15) is 0 Å². The molecular formula is C60H42N2. The Kier molecular flexibility index (Phi) is 8.67. The molecule has 1 aliphatic carbocycles. The Bertz CT molecular complexity index is 3470. The molecule has 0 saturated carbocycles. The fourth-order valence-corrected chi connectivity index (χ4v) is 9.74. The van der Waals surface area contributed by atoms with E-state index >= 15 is 0 Å². The lowest BCUT2D eigenvalue weighted by atomic mass is 9.92. The fraction of sp³-hybridized carbons (Fsp3) is 0.0333. The van der Waals surface area contributed by atoms with E-state index in [1.807, 2.05) is 0 Å². The van der Waals surface area contributed by atoms with Crippen LogP contribution in [0.4, 0.5) is 34.1 Å². The zero-order valence-corrected chi connectivity index (χ0v) is 34.2. The van der Waals surface area contributed by atoms with Crippen LogP contribution in [0.15, 0.2) is 224 Å². The van der Waals surface area contributed by atoms with E-state index in [2.05, 4.69) is 240 Å². The minimum Gasteiger partial charge on any atom is -0.309 e. The van der Waals surface area contributed by atoms with Gasteiger partial charge >= 0.3 is 0 Å². The summed E-state index contributed by atoms with van der Waals surface area (Å²) in [5.41, 5.74) is 11.8. The van der Waals surface area contributed by atoms with Gasteiger partial charge < -0.3 is 9.80 Å². The van der Waals surface area contributed by atoms with Gasteiger partial charge in [-0.05, 0) is 122 Å². The van der Waals surface area contributed by atoms with Gasteiger partial charge in [0.2, 0.25) is 0 Å². The summed E-state index contributed by atoms with van der Waals surface area (Å²) >= 11 is 0. The van der Waals surface area contributed by atoms with Crippen molar-refractivity contribution < 1.29 is 0 Å². The molecule has 0 fully saturated rings. The maximum absolute atomic E-state index is 2.52. The molecule has 0 radical (unpaired) electrons. The summed E-state index contributed by atoms with van der Waals surface area (Å²) < 4.78 is 0. The first-order chi connectivity index (χ1) is 30.7. The molecule has 0 spiro atoms. The zero-order chi connectivity index (χ0) is 41.0. The normalized spacial score (nSPS) is 12.3. The van der Waals surface area contributed by atoms with Gasteiger partial charge in [-0.1, -0.05) is 176 Å². The molecule has 0 N–H and O–H groups in total. The number of fused-ring (bicyclic) bond motifs is 6. The van der Waals surface area contributed by atoms with Gasteiger partial charge in [-0.2, -0.15) is 0 Å². The molecule has 0 saturated heterocycles. The third-order valence-corrected chi connectivity index (χ3v) is 12.8. The van der Waals surface area contributed by atoms with Crippen LogP contribution < -0.4 is 9.80 Å². The highest BCUT2D eigenvalue weighted by atomic mass is 15.2. The van der Waals surface area contributed by atoms with Crippen LogP contribution in [0.2, 0.25) is 0 Å². The van der Waals surface area contributed by atoms with Gasteiger partial charge in [0.15, 0.2) is 0 Å². The van der Waals surface area contributed by atoms with Crippen molar-refractivity contribution >= 4 is 94.1 Å². The van der Waals surface area contributed by atoms with Crippen molar-refractivity contribution in [3.8, 4) is 11.1 Å². The zero-order valence-electron chi connectivity index (χ0n) is 34.2. The van der Waals surface area contributed by atoms with Crippen molar-refractivity contribution in [2.45, 2.75) is 12.8 Å². The Morgan fingerprint density at radius 3 is 1.32 bits per heavy atom. The Morgan fingerprint density at radius 1 is 0.306 bits per heavy atom. The predicted molar refractivity (Wildman–Crippen MR) is 266 cm³/mol. The molecule has 0 atom stereocenters. The quantitative estimate of drug-likeness (QED) is 0.117. The fourth-order valence-electron chi connectivity index (χ4n) is 9.74. The molecule has 0 amide bonds. The Hall–Kier alpha value is -7.94. The number of hydrogen-bond donors (Lipinski definition) is 0. The van der Waals surface area contributed by atoms with E-state index in [-0.39, 0.29) is 0 Å². The minimum atomic E-state index is 1.06. The minimum absolute atomic E-state index is 1.06. The van der Waals surface area contributed by atoms with Crippen LogP contribution in [0.5, 0.6) is 0 Å². The molecule has 62 heavy (non-hydrogen) atoms. The SMILES string of the molecule is C1=Cc2cc(N(c3ccc4ccccc4c3)c3c4ccccc4c(N(c4ccc5ccccc5c4)c4ccc5ccccc5c4)c4cc(-c5ccccc5)ccc34)ccc2CC1. The number of benzene rings is 11. The number of anilines is 6. The first-order valence-corrected chi connectivity index (χ1v) is 21.6. The summed E-state index contributed by atoms with van der Waals surface area (Å²) in [6, 6.07) is 80.8. The monoisotopic (exact) mass is 790 g/mol. The standard InChI is InChI=1S/C60H42N2/c1-2-14-41(15-3-1)50-30-35-57-58(40-50)60(62(53-33-28-44-18-6-10-22-48(44)38-53)54-34-29-45-19-7-11-23-49(45)39-54)56-25-13-12-24-55(56)59(57)61(51-31-26-42-16-4-8-20-46(42)36-51)52-32-27-43-17-5-9-21-47(43)37-52/h1-4,6-16,18-40H,5,17H2. The summed E-state index contributed by atoms with van der Waals surface area (Å²) in [5, 5.41) is 12.0. The predicted octanol–water partition coefficient (Wildman–Crippen LogP) is 17.0. The van der Waals surface area contributed by atoms with Gasteiger partial charge in [-0.15, -0.1) is 0 Å². The van der Waals surface area contributed by atoms with Gasteiger partial charge in [0.1, 0.15) is 0 Å². The molecule has 0 aliphatic heterocycles. The maximum atomic E-state index is 2.52. The van der Waals surface area contributed by atoms with Gasteiger partial charge in [0.05, 0.1) is 11.4 Å². The molecule has 11 aromatic carbocycles. The third-order valence-electron chi connectivity index (χ3n) is 12.8. The van der Waals surface area contributed by atoms with Crippen LogP contribution >= 0.6 is 0 Å². The van der Waals surface area contributed by atoms with E-state index < -0.39 is 0 Å². The van der Waals surface area contributed by atoms with Crippen LogP contribution in [0.25, 0.3) is 71.1 Å². The lowest BCUT2D eigenvalue weighted by molar-refractivity contribution is 0.985. The molecule has 2 nitrogen and oxygen atoms in total. The van der Waals surface area contributed by atoms with E-state index in [0.29, 0.717) is 0 Å². The van der Waals surface area contributed by atoms with Gasteiger partial charge in [0, 0.05) is 44.3 Å². The van der Waals surface area contributed by atoms with E-state index in [4.69, 9.17) is 0 Å². The first kappa shape index (κ1) is 36.0. The summed E-state index contributed by atoms with van der Waals surface area (Å²) in [5.74, 6) is 0. The molecule has 11 aromatic rings. The van der Waals surface area contributed by atoms with Crippen LogP contribution in [0, 0.1) is 0 Å². The number of aryl methyl sites for hydroxylation is 1. The molecule has 0 aromatic heterocycles. The van der Waals surface area contributed by atoms with Crippen molar-refractivity contribution in [2.75, 3.05) is 9.80 Å². The van der Waals surface area contributed by atoms with Gasteiger partial charge in [-0.3, -0.25) is 0 Å². The second-order valence-electron chi connectivity index (χ2n) is 16.5. The molecule has 0 heterocycles. The summed E-state index contributed by atoms with van der Waals surface area (Å²) in [7, 11) is 0. The number of hydrogen-bond acceptors (Lipinski definition) is 2. The Labute approximate surface area is 361 Å². The van der Waals surface area contributed by atoms with E-state index in [0.717, 1.165) is 47.0 Å². The topological polar surface area (TPSA) is 6.48 Å². The van der Waals surface area contributed by atoms with Crippen LogP contribution in [0.1, 0.15) is 17.5 Å². The maximum Gasteiger partial charge on any atom is 0.0620 e. The largest absolute Gasteiger partial charge is 0.309 e. The molecule has 2 heteroatoms. The first-order valence-electron chi connectivity index (χ1n) is 21.6. The summed E-state index contributed by atoms with van der Waals surface area (Å²) in [4.78, 5) is 5.02. The van der Waals surface area contributed by atoms with Crippen LogP contribution in [0.3, 0.4) is 0 Å². The highest BCUT2D eigenvalue weighted by Crippen LogP contribution is 2.52. The lowest BCUT2D eigenvalue weighted by Crippen LogP contribution is -2.15. The van der Waals surface area contributed by atoms with Crippen molar-refractivity contribution in [1.82, 2.24) is 0 Å². The molecular weight excluding hydrogens is 749 g/mol. The smallest absolute Gasteiger partial charge is 0.0620 e. The molecule has 292 valence electrons. The molecule has 0 bridgehead atoms. The van der Waals surface area contributed by atoms with Crippen LogP contribution in [-0.4, -0.2) is 0 Å². The number of rotatable bonds is 7. The second kappa shape index (κ2) is 15.0. The van der Waals surface area contributed by atoms with Crippen molar-refractivity contribution in [2.24, 2.45) is 0 Å². The number of nitrogens with zero attached hydrogens (tertiary/aromatic N) is 2. The van der Waals surface area contributed by atoms with Gasteiger partial charge in [0.25, 0.3) is 0 Å². The molecule has 0 unspecified atom stereocenters. The summed E-state index contributed by atoms with van der Waals surface area (Å²) in [6.45, 7) is 0. The Balaban J connectivity index is 1.22. The lowest BCUT2D eigenvalue weighted by Gasteiger charge is -2.33. The van der Waals surface area contributed by atoms with Crippen molar-refractivity contribution in [1.29, 1.82) is 0 Å². The van der Waals surface area contributed by atoms with Crippen molar-refractivity contribution in [3.05, 3.63) is 236 Å². The highest BCUT2D eigenvalue weighted by Gasteiger charge is 2.27. The molecule has 1 aliphatic rings.